The molecule has 1 spiro atoms. The van der Waals surface area contributed by atoms with E-state index in [9.17, 15) is 19.2 Å². The van der Waals surface area contributed by atoms with Crippen LogP contribution in [-0.2, 0) is 20.9 Å². The lowest BCUT2D eigenvalue weighted by Crippen LogP contribution is -2.54. The molecule has 0 aliphatic carbocycles. The third kappa shape index (κ3) is 5.61. The number of carbonyl (C=O) groups is 4. The van der Waals surface area contributed by atoms with E-state index in [1.165, 1.54) is 9.78 Å². The number of nitrogens with zero attached hydrogens (tertiary/aromatic N) is 6. The van der Waals surface area contributed by atoms with Crippen LogP contribution in [0.2, 0.25) is 5.02 Å². The van der Waals surface area contributed by atoms with Gasteiger partial charge >= 0.3 is 0 Å². The molecule has 2 saturated heterocycles. The van der Waals surface area contributed by atoms with Crippen molar-refractivity contribution in [2.75, 3.05) is 19.7 Å². The van der Waals surface area contributed by atoms with E-state index in [2.05, 4.69) is 33.9 Å². The highest BCUT2D eigenvalue weighted by Gasteiger charge is 2.45. The summed E-state index contributed by atoms with van der Waals surface area (Å²) in [5.74, 6) is 1.33. The highest BCUT2D eigenvalue weighted by Crippen LogP contribution is 2.44. The molecule has 1 N–H and O–H groups in total. The molecule has 5 aliphatic heterocycles. The largest absolute Gasteiger partial charge is 0.485 e. The fourth-order valence-electron chi connectivity index (χ4n) is 8.07. The van der Waals surface area contributed by atoms with Crippen molar-refractivity contribution < 1.29 is 28.7 Å². The Morgan fingerprint density at radius 1 is 1.06 bits per heavy atom. The van der Waals surface area contributed by atoms with Gasteiger partial charge in [0.25, 0.3) is 5.91 Å². The summed E-state index contributed by atoms with van der Waals surface area (Å²) in [5, 5.41) is 12.9. The zero-order valence-corrected chi connectivity index (χ0v) is 31.0. The van der Waals surface area contributed by atoms with E-state index in [0.29, 0.717) is 60.3 Å². The van der Waals surface area contributed by atoms with E-state index < -0.39 is 23.6 Å². The fraction of sp³-hybridized carbons (Fsp3) is 0.395. The van der Waals surface area contributed by atoms with Gasteiger partial charge in [-0.25, -0.2) is 0 Å². The first-order chi connectivity index (χ1) is 25.5. The topological polar surface area (TPSA) is 148 Å². The van der Waals surface area contributed by atoms with Crippen molar-refractivity contribution in [2.45, 2.75) is 77.1 Å². The summed E-state index contributed by atoms with van der Waals surface area (Å²) in [6, 6.07) is 9.89. The lowest BCUT2D eigenvalue weighted by atomic mass is 9.90. The molecule has 2 fully saturated rings. The Hall–Kier alpha value is -5.08. The van der Waals surface area contributed by atoms with Gasteiger partial charge in [-0.2, -0.15) is 0 Å². The molecule has 0 saturated carbocycles. The van der Waals surface area contributed by atoms with Gasteiger partial charge in [0.2, 0.25) is 17.7 Å². The number of benzene rings is 2. The number of rotatable bonds is 4. The van der Waals surface area contributed by atoms with E-state index in [4.69, 9.17) is 26.1 Å². The Bertz CT molecular complexity index is 2270. The van der Waals surface area contributed by atoms with Gasteiger partial charge in [0.1, 0.15) is 35.1 Å². The second-order valence-electron chi connectivity index (χ2n) is 14.4. The summed E-state index contributed by atoms with van der Waals surface area (Å²) in [5.41, 5.74) is 4.45. The smallest absolute Gasteiger partial charge is 0.255 e. The van der Waals surface area contributed by atoms with Gasteiger partial charge in [0, 0.05) is 65.5 Å². The van der Waals surface area contributed by atoms with Crippen molar-refractivity contribution in [1.29, 1.82) is 0 Å². The number of carbonyl (C=O) groups excluding carboxylic acids is 4. The Kier molecular flexibility index (Phi) is 7.96. The maximum absolute atomic E-state index is 14.1. The first-order valence-electron chi connectivity index (χ1n) is 17.8. The normalized spacial score (nSPS) is 21.5. The number of hydrogen-bond acceptors (Lipinski definition) is 10. The number of imide groups is 1. The van der Waals surface area contributed by atoms with Gasteiger partial charge in [-0.3, -0.25) is 34.1 Å². The van der Waals surface area contributed by atoms with E-state index in [-0.39, 0.29) is 43.7 Å². The molecular weight excluding hydrogens is 718 g/mol. The third-order valence-corrected chi connectivity index (χ3v) is 12.6. The molecular formula is C38H36ClN7O6S. The predicted octanol–water partition coefficient (Wildman–Crippen LogP) is 4.78. The number of ether oxygens (including phenoxy) is 2. The average molecular weight is 754 g/mol. The van der Waals surface area contributed by atoms with E-state index in [1.807, 2.05) is 42.2 Å². The number of likely N-dealkylation sites (tertiary alicyclic amines) is 1. The number of aromatic nitrogens is 3. The Balaban J connectivity index is 0.923. The maximum atomic E-state index is 14.1. The molecule has 5 aliphatic rings. The molecule has 2 atom stereocenters. The van der Waals surface area contributed by atoms with Crippen LogP contribution in [0, 0.1) is 20.8 Å². The molecule has 53 heavy (non-hydrogen) atoms. The van der Waals surface area contributed by atoms with Gasteiger partial charge in [0.15, 0.2) is 17.3 Å². The van der Waals surface area contributed by atoms with Crippen LogP contribution in [-0.4, -0.2) is 85.2 Å². The molecule has 9 rings (SSSR count). The minimum absolute atomic E-state index is 0.0311. The van der Waals surface area contributed by atoms with Crippen LogP contribution in [0.4, 0.5) is 0 Å². The summed E-state index contributed by atoms with van der Waals surface area (Å²) in [4.78, 5) is 61.4. The fourth-order valence-corrected chi connectivity index (χ4v) is 9.41. The number of piperidine rings is 2. The molecule has 2 aromatic heterocycles. The summed E-state index contributed by atoms with van der Waals surface area (Å²) >= 11 is 7.93. The van der Waals surface area contributed by atoms with Gasteiger partial charge in [-0.15, -0.1) is 21.5 Å². The van der Waals surface area contributed by atoms with Crippen LogP contribution in [0.1, 0.15) is 87.3 Å². The van der Waals surface area contributed by atoms with E-state index in [0.717, 1.165) is 38.8 Å². The molecule has 15 heteroatoms. The lowest BCUT2D eigenvalue weighted by Gasteiger charge is -2.44. The highest BCUT2D eigenvalue weighted by molar-refractivity contribution is 7.15. The molecule has 7 heterocycles. The quantitative estimate of drug-likeness (QED) is 0.293. The molecule has 0 radical (unpaired) electrons. The van der Waals surface area contributed by atoms with Crippen molar-refractivity contribution in [3.63, 3.8) is 0 Å². The first kappa shape index (κ1) is 33.7. The van der Waals surface area contributed by atoms with Gasteiger partial charge in [-0.05, 0) is 62.6 Å². The summed E-state index contributed by atoms with van der Waals surface area (Å²) in [6.45, 7) is 7.60. The van der Waals surface area contributed by atoms with E-state index in [1.54, 1.807) is 17.4 Å². The number of nitrogens with one attached hydrogen (secondary N) is 1. The second kappa shape index (κ2) is 12.5. The minimum Gasteiger partial charge on any atom is -0.485 e. The average Bonchev–Trinajstić information content (AvgIpc) is 3.74. The first-order valence-corrected chi connectivity index (χ1v) is 19.0. The zero-order valence-electron chi connectivity index (χ0n) is 29.4. The summed E-state index contributed by atoms with van der Waals surface area (Å²) in [6.07, 6.45) is 1.73. The second-order valence-corrected chi connectivity index (χ2v) is 16.1. The van der Waals surface area contributed by atoms with Gasteiger partial charge < -0.3 is 19.3 Å². The van der Waals surface area contributed by atoms with Crippen LogP contribution >= 0.6 is 22.9 Å². The molecule has 13 nitrogen and oxygen atoms in total. The molecule has 2 aromatic carbocycles. The maximum Gasteiger partial charge on any atom is 0.255 e. The monoisotopic (exact) mass is 753 g/mol. The van der Waals surface area contributed by atoms with Crippen LogP contribution in [0.15, 0.2) is 41.4 Å². The van der Waals surface area contributed by atoms with Crippen LogP contribution < -0.4 is 14.8 Å². The van der Waals surface area contributed by atoms with Crippen LogP contribution in [0.3, 0.4) is 0 Å². The van der Waals surface area contributed by atoms with Gasteiger partial charge in [0.05, 0.1) is 12.1 Å². The molecule has 272 valence electrons. The molecule has 4 amide bonds. The molecule has 0 bridgehead atoms. The van der Waals surface area contributed by atoms with Crippen molar-refractivity contribution in [1.82, 2.24) is 29.9 Å². The number of halogens is 1. The van der Waals surface area contributed by atoms with Gasteiger partial charge in [-0.1, -0.05) is 23.7 Å². The molecule has 4 aromatic rings. The molecule has 1 unspecified atom stereocenters. The standard InChI is InChI=1S/C38H36ClN7O6S/c1-19-20(2)53-37-32(19)33(22-4-6-24(39)7-5-22)40-26(34-43-42-21(3)46(34)37)16-31(48)44-12-10-38(11-13-44)18-51-28-15-25-23(14-29(28)52-38)17-45(36(25)50)27-8-9-30(47)41-35(27)49/h4-7,14-15,26-27H,8-13,16-18H2,1-3H3,(H,41,47,49)/t26-,27?/m0/s1. The third-order valence-electron chi connectivity index (χ3n) is 11.2. The van der Waals surface area contributed by atoms with Crippen molar-refractivity contribution in [2.24, 2.45) is 4.99 Å². The Labute approximate surface area is 313 Å². The number of hydrogen-bond donors (Lipinski definition) is 1. The van der Waals surface area contributed by atoms with Crippen molar-refractivity contribution in [3.05, 3.63) is 85.8 Å². The van der Waals surface area contributed by atoms with Crippen LogP contribution in [0.25, 0.3) is 5.00 Å². The number of fused-ring (bicyclic) bond motifs is 5. The SMILES string of the molecule is Cc1sc2c(c1C)C(c1ccc(Cl)cc1)=N[C@@H](CC(=O)N1CCC3(CC1)COc1cc4c(cc1O3)CN(C1CCC(=O)NC1=O)C4=O)c1nnc(C)n1-2. The Morgan fingerprint density at radius 2 is 1.83 bits per heavy atom. The highest BCUT2D eigenvalue weighted by atomic mass is 35.5. The lowest BCUT2D eigenvalue weighted by molar-refractivity contribution is -0.138. The van der Waals surface area contributed by atoms with Crippen LogP contribution in [0.5, 0.6) is 11.5 Å². The number of aryl methyl sites for hydroxylation is 2. The van der Waals surface area contributed by atoms with E-state index >= 15 is 0 Å². The Morgan fingerprint density at radius 3 is 2.58 bits per heavy atom. The number of amides is 4. The number of thiophene rings is 1. The minimum atomic E-state index is -0.700. The predicted molar refractivity (Wildman–Crippen MR) is 195 cm³/mol. The van der Waals surface area contributed by atoms with Crippen molar-refractivity contribution >= 4 is 52.3 Å². The zero-order chi connectivity index (χ0) is 36.8. The number of aliphatic imine (C=N–C) groups is 1. The van der Waals surface area contributed by atoms with Crippen molar-refractivity contribution in [3.8, 4) is 16.5 Å². The summed E-state index contributed by atoms with van der Waals surface area (Å²) < 4.78 is 14.9. The summed E-state index contributed by atoms with van der Waals surface area (Å²) in [7, 11) is 0.